The Hall–Kier alpha value is -2.44. The number of aromatic nitrogens is 2. The molecule has 0 aliphatic heterocycles. The molecule has 0 saturated carbocycles. The van der Waals surface area contributed by atoms with Crippen LogP contribution in [0, 0.1) is 15.9 Å². The smallest absolute Gasteiger partial charge is 0.271 e. The summed E-state index contributed by atoms with van der Waals surface area (Å²) in [7, 11) is 1.78. The van der Waals surface area contributed by atoms with Crippen molar-refractivity contribution in [3.05, 3.63) is 52.1 Å². The normalized spacial score (nSPS) is 12.2. The van der Waals surface area contributed by atoms with Crippen molar-refractivity contribution in [2.24, 2.45) is 7.05 Å². The Morgan fingerprint density at radius 1 is 1.47 bits per heavy atom. The summed E-state index contributed by atoms with van der Waals surface area (Å²) in [6.07, 6.45) is 1.64. The van der Waals surface area contributed by atoms with Gasteiger partial charge in [-0.05, 0) is 19.1 Å². The van der Waals surface area contributed by atoms with Gasteiger partial charge in [-0.25, -0.2) is 4.39 Å². The standard InChI is InChI=1S/C12H13FN4O2/c1-8(12-5-6-14-16(12)2)15-11-7-9(17(18)19)3-4-10(11)13/h3-8,15H,1-2H3. The lowest BCUT2D eigenvalue weighted by molar-refractivity contribution is -0.384. The SMILES string of the molecule is CC(Nc1cc([N+](=O)[O-])ccc1F)c1ccnn1C. The Kier molecular flexibility index (Phi) is 3.46. The van der Waals surface area contributed by atoms with Gasteiger partial charge in [-0.15, -0.1) is 0 Å². The van der Waals surface area contributed by atoms with Gasteiger partial charge >= 0.3 is 0 Å². The van der Waals surface area contributed by atoms with E-state index in [-0.39, 0.29) is 17.4 Å². The van der Waals surface area contributed by atoms with Crippen LogP contribution < -0.4 is 5.32 Å². The average Bonchev–Trinajstić information content (AvgIpc) is 2.78. The molecule has 0 fully saturated rings. The van der Waals surface area contributed by atoms with Crippen molar-refractivity contribution in [1.82, 2.24) is 9.78 Å². The summed E-state index contributed by atoms with van der Waals surface area (Å²) in [5.41, 5.74) is 0.801. The number of hydrogen-bond acceptors (Lipinski definition) is 4. The summed E-state index contributed by atoms with van der Waals surface area (Å²) in [6, 6.07) is 4.98. The Balaban J connectivity index is 2.26. The summed E-state index contributed by atoms with van der Waals surface area (Å²) in [5.74, 6) is -0.528. The van der Waals surface area contributed by atoms with Crippen LogP contribution in [0.1, 0.15) is 18.7 Å². The van der Waals surface area contributed by atoms with Gasteiger partial charge < -0.3 is 5.32 Å². The molecule has 0 bridgehead atoms. The second kappa shape index (κ2) is 5.05. The first-order valence-electron chi connectivity index (χ1n) is 5.67. The lowest BCUT2D eigenvalue weighted by Crippen LogP contribution is -2.12. The van der Waals surface area contributed by atoms with Crippen LogP contribution in [-0.4, -0.2) is 14.7 Å². The van der Waals surface area contributed by atoms with Crippen LogP contribution in [0.4, 0.5) is 15.8 Å². The van der Waals surface area contributed by atoms with Crippen molar-refractivity contribution >= 4 is 11.4 Å². The number of halogens is 1. The molecule has 0 amide bonds. The maximum atomic E-state index is 13.6. The van der Waals surface area contributed by atoms with Crippen LogP contribution in [0.25, 0.3) is 0 Å². The van der Waals surface area contributed by atoms with Gasteiger partial charge in [0.1, 0.15) is 5.82 Å². The number of nitrogens with zero attached hydrogens (tertiary/aromatic N) is 3. The molecule has 1 heterocycles. The van der Waals surface area contributed by atoms with E-state index in [0.29, 0.717) is 0 Å². The van der Waals surface area contributed by atoms with E-state index in [1.54, 1.807) is 24.0 Å². The fourth-order valence-electron chi connectivity index (χ4n) is 1.85. The highest BCUT2D eigenvalue weighted by Crippen LogP contribution is 2.25. The lowest BCUT2D eigenvalue weighted by atomic mass is 10.2. The maximum absolute atomic E-state index is 13.6. The number of benzene rings is 1. The fourth-order valence-corrected chi connectivity index (χ4v) is 1.85. The van der Waals surface area contributed by atoms with Crippen LogP contribution >= 0.6 is 0 Å². The number of rotatable bonds is 4. The summed E-state index contributed by atoms with van der Waals surface area (Å²) in [5, 5.41) is 17.6. The van der Waals surface area contributed by atoms with E-state index in [9.17, 15) is 14.5 Å². The van der Waals surface area contributed by atoms with E-state index in [1.807, 2.05) is 6.92 Å². The molecule has 1 atom stereocenters. The first kappa shape index (κ1) is 13.0. The largest absolute Gasteiger partial charge is 0.374 e. The zero-order chi connectivity index (χ0) is 14.0. The predicted octanol–water partition coefficient (Wildman–Crippen LogP) is 2.64. The van der Waals surface area contributed by atoms with E-state index < -0.39 is 10.7 Å². The number of hydrogen-bond donors (Lipinski definition) is 1. The zero-order valence-electron chi connectivity index (χ0n) is 10.5. The molecular weight excluding hydrogens is 251 g/mol. The van der Waals surface area contributed by atoms with E-state index >= 15 is 0 Å². The van der Waals surface area contributed by atoms with Crippen molar-refractivity contribution in [2.45, 2.75) is 13.0 Å². The van der Waals surface area contributed by atoms with Gasteiger partial charge in [-0.3, -0.25) is 14.8 Å². The van der Waals surface area contributed by atoms with Gasteiger partial charge in [0.25, 0.3) is 5.69 Å². The highest BCUT2D eigenvalue weighted by Gasteiger charge is 2.15. The predicted molar refractivity (Wildman–Crippen MR) is 68.3 cm³/mol. The van der Waals surface area contributed by atoms with E-state index in [1.165, 1.54) is 6.07 Å². The minimum absolute atomic E-state index is 0.0999. The monoisotopic (exact) mass is 264 g/mol. The second-order valence-electron chi connectivity index (χ2n) is 4.17. The van der Waals surface area contributed by atoms with Crippen LogP contribution in [0.5, 0.6) is 0 Å². The van der Waals surface area contributed by atoms with Crippen LogP contribution in [-0.2, 0) is 7.05 Å². The Morgan fingerprint density at radius 3 is 2.79 bits per heavy atom. The molecule has 7 heteroatoms. The van der Waals surface area contributed by atoms with Crippen molar-refractivity contribution in [1.29, 1.82) is 0 Å². The van der Waals surface area contributed by atoms with Crippen LogP contribution in [0.15, 0.2) is 30.5 Å². The minimum atomic E-state index is -0.556. The third kappa shape index (κ3) is 2.70. The van der Waals surface area contributed by atoms with Gasteiger partial charge in [0.15, 0.2) is 0 Å². The average molecular weight is 264 g/mol. The number of nitrogens with one attached hydrogen (secondary N) is 1. The molecule has 1 unspecified atom stereocenters. The van der Waals surface area contributed by atoms with E-state index in [2.05, 4.69) is 10.4 Å². The van der Waals surface area contributed by atoms with Crippen molar-refractivity contribution < 1.29 is 9.31 Å². The highest BCUT2D eigenvalue weighted by atomic mass is 19.1. The summed E-state index contributed by atoms with van der Waals surface area (Å²) >= 11 is 0. The van der Waals surface area contributed by atoms with Gasteiger partial charge in [-0.2, -0.15) is 5.10 Å². The number of non-ortho nitro benzene ring substituents is 1. The van der Waals surface area contributed by atoms with Crippen LogP contribution in [0.3, 0.4) is 0 Å². The molecule has 19 heavy (non-hydrogen) atoms. The first-order valence-corrected chi connectivity index (χ1v) is 5.67. The third-order valence-electron chi connectivity index (χ3n) is 2.84. The summed E-state index contributed by atoms with van der Waals surface area (Å²) in [4.78, 5) is 10.1. The maximum Gasteiger partial charge on any atom is 0.271 e. The second-order valence-corrected chi connectivity index (χ2v) is 4.17. The molecular formula is C12H13FN4O2. The number of nitro groups is 1. The number of nitro benzene ring substituents is 1. The van der Waals surface area contributed by atoms with E-state index in [0.717, 1.165) is 17.8 Å². The third-order valence-corrected chi connectivity index (χ3v) is 2.84. The molecule has 0 aliphatic carbocycles. The molecule has 1 aromatic carbocycles. The molecule has 0 radical (unpaired) electrons. The first-order chi connectivity index (χ1) is 8.99. The zero-order valence-corrected chi connectivity index (χ0v) is 10.5. The minimum Gasteiger partial charge on any atom is -0.374 e. The van der Waals surface area contributed by atoms with Crippen molar-refractivity contribution in [3.8, 4) is 0 Å². The molecule has 0 aliphatic rings. The van der Waals surface area contributed by atoms with Crippen molar-refractivity contribution in [3.63, 3.8) is 0 Å². The molecule has 6 nitrogen and oxygen atoms in total. The van der Waals surface area contributed by atoms with E-state index in [4.69, 9.17) is 0 Å². The number of aryl methyl sites for hydroxylation is 1. The summed E-state index contributed by atoms with van der Waals surface area (Å²) in [6.45, 7) is 1.83. The molecule has 2 rings (SSSR count). The topological polar surface area (TPSA) is 73.0 Å². The molecule has 1 N–H and O–H groups in total. The van der Waals surface area contributed by atoms with Crippen LogP contribution in [0.2, 0.25) is 0 Å². The highest BCUT2D eigenvalue weighted by molar-refractivity contribution is 5.53. The quantitative estimate of drug-likeness (QED) is 0.680. The Morgan fingerprint density at radius 2 is 2.21 bits per heavy atom. The van der Waals surface area contributed by atoms with Gasteiger partial charge in [0, 0.05) is 25.4 Å². The van der Waals surface area contributed by atoms with Gasteiger partial charge in [0.05, 0.1) is 22.3 Å². The Labute approximate surface area is 109 Å². The fraction of sp³-hybridized carbons (Fsp3) is 0.250. The molecule has 0 spiro atoms. The molecule has 0 saturated heterocycles. The molecule has 100 valence electrons. The summed E-state index contributed by atoms with van der Waals surface area (Å²) < 4.78 is 15.3. The lowest BCUT2D eigenvalue weighted by Gasteiger charge is -2.15. The molecule has 1 aromatic heterocycles. The molecule has 2 aromatic rings. The number of anilines is 1. The van der Waals surface area contributed by atoms with Gasteiger partial charge in [-0.1, -0.05) is 0 Å². The van der Waals surface area contributed by atoms with Gasteiger partial charge in [0.2, 0.25) is 0 Å². The van der Waals surface area contributed by atoms with Crippen molar-refractivity contribution in [2.75, 3.05) is 5.32 Å². The Bertz CT molecular complexity index is 612.